The summed E-state index contributed by atoms with van der Waals surface area (Å²) in [6, 6.07) is 0. The quantitative estimate of drug-likeness (QED) is 0.816. The van der Waals surface area contributed by atoms with E-state index >= 15 is 0 Å². The number of aliphatic hydroxyl groups is 1. The van der Waals surface area contributed by atoms with Crippen molar-refractivity contribution in [2.45, 2.75) is 44.1 Å². The van der Waals surface area contributed by atoms with E-state index in [1.54, 1.807) is 12.4 Å². The molecule has 1 aromatic rings. The lowest BCUT2D eigenvalue weighted by molar-refractivity contribution is 0.0380. The highest BCUT2D eigenvalue weighted by Crippen LogP contribution is 2.27. The molecule has 0 aromatic carbocycles. The summed E-state index contributed by atoms with van der Waals surface area (Å²) >= 11 is 5.90. The minimum Gasteiger partial charge on any atom is -0.388 e. The molecule has 2 rings (SSSR count). The van der Waals surface area contributed by atoms with Crippen molar-refractivity contribution in [2.24, 2.45) is 0 Å². The lowest BCUT2D eigenvalue weighted by Gasteiger charge is -2.27. The van der Waals surface area contributed by atoms with Crippen molar-refractivity contribution in [3.05, 3.63) is 17.5 Å². The third kappa shape index (κ3) is 3.54. The molecule has 4 nitrogen and oxygen atoms in total. The van der Waals surface area contributed by atoms with Crippen LogP contribution in [0.5, 0.6) is 0 Å². The fourth-order valence-corrected chi connectivity index (χ4v) is 2.42. The largest absolute Gasteiger partial charge is 0.388 e. The molecule has 17 heavy (non-hydrogen) atoms. The summed E-state index contributed by atoms with van der Waals surface area (Å²) in [7, 11) is 0. The summed E-state index contributed by atoms with van der Waals surface area (Å²) in [5, 5.41) is 13.9. The van der Waals surface area contributed by atoms with Crippen LogP contribution in [0.3, 0.4) is 0 Å². The number of nitrogens with one attached hydrogen (secondary N) is 1. The number of rotatable bonds is 3. The Kier molecular flexibility index (Phi) is 4.18. The van der Waals surface area contributed by atoms with E-state index in [1.807, 2.05) is 0 Å². The molecule has 1 heterocycles. The van der Waals surface area contributed by atoms with Crippen molar-refractivity contribution < 1.29 is 5.11 Å². The van der Waals surface area contributed by atoms with Gasteiger partial charge in [0.05, 0.1) is 5.60 Å². The first-order chi connectivity index (χ1) is 8.20. The lowest BCUT2D eigenvalue weighted by Crippen LogP contribution is -2.36. The van der Waals surface area contributed by atoms with Gasteiger partial charge in [0.1, 0.15) is 0 Å². The molecule has 0 amide bonds. The van der Waals surface area contributed by atoms with Crippen molar-refractivity contribution in [1.82, 2.24) is 9.97 Å². The molecule has 0 spiro atoms. The Bertz CT molecular complexity index is 365. The van der Waals surface area contributed by atoms with Crippen LogP contribution in [-0.2, 0) is 0 Å². The van der Waals surface area contributed by atoms with Crippen LogP contribution in [0, 0.1) is 0 Å². The Morgan fingerprint density at radius 3 is 2.47 bits per heavy atom. The van der Waals surface area contributed by atoms with Gasteiger partial charge in [-0.25, -0.2) is 9.97 Å². The molecule has 0 aliphatic heterocycles. The van der Waals surface area contributed by atoms with E-state index < -0.39 is 5.60 Å². The number of hydrogen-bond acceptors (Lipinski definition) is 4. The van der Waals surface area contributed by atoms with Gasteiger partial charge >= 0.3 is 0 Å². The Balaban J connectivity index is 1.94. The van der Waals surface area contributed by atoms with Gasteiger partial charge in [-0.15, -0.1) is 0 Å². The first-order valence-electron chi connectivity index (χ1n) is 6.12. The molecule has 1 aliphatic carbocycles. The fraction of sp³-hybridized carbons (Fsp3) is 0.667. The van der Waals surface area contributed by atoms with Crippen LogP contribution in [0.4, 0.5) is 5.82 Å². The van der Waals surface area contributed by atoms with Gasteiger partial charge in [-0.2, -0.15) is 0 Å². The van der Waals surface area contributed by atoms with Crippen molar-refractivity contribution in [1.29, 1.82) is 0 Å². The topological polar surface area (TPSA) is 58.0 Å². The Morgan fingerprint density at radius 1 is 1.18 bits per heavy atom. The van der Waals surface area contributed by atoms with Crippen LogP contribution < -0.4 is 5.32 Å². The lowest BCUT2D eigenvalue weighted by atomic mass is 9.94. The summed E-state index contributed by atoms with van der Waals surface area (Å²) < 4.78 is 0. The van der Waals surface area contributed by atoms with E-state index in [1.165, 1.54) is 12.8 Å². The maximum absolute atomic E-state index is 10.4. The molecule has 1 fully saturated rings. The molecule has 0 atom stereocenters. The molecule has 94 valence electrons. The van der Waals surface area contributed by atoms with Gasteiger partial charge in [0.25, 0.3) is 0 Å². The third-order valence-electron chi connectivity index (χ3n) is 3.27. The monoisotopic (exact) mass is 255 g/mol. The van der Waals surface area contributed by atoms with Gasteiger partial charge in [0.2, 0.25) is 0 Å². The molecule has 2 N–H and O–H groups in total. The number of anilines is 1. The zero-order chi connectivity index (χ0) is 12.1. The van der Waals surface area contributed by atoms with E-state index in [0.717, 1.165) is 25.7 Å². The Labute approximate surface area is 106 Å². The predicted molar refractivity (Wildman–Crippen MR) is 68.2 cm³/mol. The highest BCUT2D eigenvalue weighted by Gasteiger charge is 2.27. The average Bonchev–Trinajstić information content (AvgIpc) is 2.54. The smallest absolute Gasteiger partial charge is 0.171 e. The van der Waals surface area contributed by atoms with Gasteiger partial charge in [0, 0.05) is 18.9 Å². The van der Waals surface area contributed by atoms with E-state index in [-0.39, 0.29) is 0 Å². The van der Waals surface area contributed by atoms with Crippen LogP contribution in [0.2, 0.25) is 5.15 Å². The molecule has 0 radical (unpaired) electrons. The maximum Gasteiger partial charge on any atom is 0.171 e. The SMILES string of the molecule is OC1(CNc2nccnc2Cl)CCCCCC1. The molecule has 5 heteroatoms. The van der Waals surface area contributed by atoms with E-state index in [4.69, 9.17) is 11.6 Å². The van der Waals surface area contributed by atoms with Gasteiger partial charge in [0.15, 0.2) is 11.0 Å². The second kappa shape index (κ2) is 5.65. The number of halogens is 1. The van der Waals surface area contributed by atoms with Gasteiger partial charge < -0.3 is 10.4 Å². The number of aromatic nitrogens is 2. The summed E-state index contributed by atoms with van der Waals surface area (Å²) in [4.78, 5) is 8.04. The number of hydrogen-bond donors (Lipinski definition) is 2. The Hall–Kier alpha value is -0.870. The van der Waals surface area contributed by atoms with Crippen molar-refractivity contribution in [3.8, 4) is 0 Å². The minimum atomic E-state index is -0.628. The van der Waals surface area contributed by atoms with Crippen molar-refractivity contribution >= 4 is 17.4 Å². The van der Waals surface area contributed by atoms with Gasteiger partial charge in [-0.05, 0) is 12.8 Å². The first-order valence-corrected chi connectivity index (χ1v) is 6.50. The first kappa shape index (κ1) is 12.6. The third-order valence-corrected chi connectivity index (χ3v) is 3.55. The second-order valence-electron chi connectivity index (χ2n) is 4.69. The van der Waals surface area contributed by atoms with Crippen LogP contribution in [0.15, 0.2) is 12.4 Å². The predicted octanol–water partition coefficient (Wildman–Crippen LogP) is 2.63. The van der Waals surface area contributed by atoms with Crippen molar-refractivity contribution in [3.63, 3.8) is 0 Å². The normalized spacial score (nSPS) is 19.6. The van der Waals surface area contributed by atoms with Gasteiger partial charge in [-0.1, -0.05) is 37.3 Å². The molecule has 1 aromatic heterocycles. The molecule has 0 bridgehead atoms. The van der Waals surface area contributed by atoms with Crippen LogP contribution in [0.1, 0.15) is 38.5 Å². The molecule has 1 saturated carbocycles. The van der Waals surface area contributed by atoms with Gasteiger partial charge in [-0.3, -0.25) is 0 Å². The van der Waals surface area contributed by atoms with Crippen LogP contribution in [-0.4, -0.2) is 27.2 Å². The Morgan fingerprint density at radius 2 is 1.82 bits per heavy atom. The molecular formula is C12H18ClN3O. The summed E-state index contributed by atoms with van der Waals surface area (Å²) in [6.07, 6.45) is 9.44. The van der Waals surface area contributed by atoms with E-state index in [2.05, 4.69) is 15.3 Å². The maximum atomic E-state index is 10.4. The molecule has 1 aliphatic rings. The minimum absolute atomic E-state index is 0.352. The fourth-order valence-electron chi connectivity index (χ4n) is 2.25. The second-order valence-corrected chi connectivity index (χ2v) is 5.05. The number of nitrogens with zero attached hydrogens (tertiary/aromatic N) is 2. The zero-order valence-corrected chi connectivity index (χ0v) is 10.6. The summed E-state index contributed by atoms with van der Waals surface area (Å²) in [5.74, 6) is 0.548. The van der Waals surface area contributed by atoms with Crippen LogP contribution in [0.25, 0.3) is 0 Å². The molecular weight excluding hydrogens is 238 g/mol. The summed E-state index contributed by atoms with van der Waals surface area (Å²) in [5.41, 5.74) is -0.628. The molecule has 0 saturated heterocycles. The highest BCUT2D eigenvalue weighted by atomic mass is 35.5. The van der Waals surface area contributed by atoms with Crippen LogP contribution >= 0.6 is 11.6 Å². The molecule has 0 unspecified atom stereocenters. The highest BCUT2D eigenvalue weighted by molar-refractivity contribution is 6.31. The summed E-state index contributed by atoms with van der Waals surface area (Å²) in [6.45, 7) is 0.491. The zero-order valence-electron chi connectivity index (χ0n) is 9.82. The standard InChI is InChI=1S/C12H18ClN3O/c13-10-11(15-8-7-14-10)16-9-12(17)5-3-1-2-4-6-12/h7-8,17H,1-6,9H2,(H,15,16). The van der Waals surface area contributed by atoms with Crippen molar-refractivity contribution in [2.75, 3.05) is 11.9 Å². The van der Waals surface area contributed by atoms with E-state index in [0.29, 0.717) is 17.5 Å². The average molecular weight is 256 g/mol. The van der Waals surface area contributed by atoms with E-state index in [9.17, 15) is 5.11 Å².